The summed E-state index contributed by atoms with van der Waals surface area (Å²) in [4.78, 5) is 27.8. The molecule has 1 saturated heterocycles. The van der Waals surface area contributed by atoms with E-state index in [0.29, 0.717) is 17.6 Å². The standard InChI is InChI=1S/C20H20BrClN2O4/c21-15-3-6-18(17(11-15)20(26)27)28-13-19(25)24-9-7-23(8-10-24)12-14-1-4-16(22)5-2-14/h1-6,11H,7-10,12-13H2,(H,26,27). The molecule has 1 heterocycles. The first kappa shape index (κ1) is 20.6. The Bertz CT molecular complexity index is 852. The molecule has 0 unspecified atom stereocenters. The Morgan fingerprint density at radius 3 is 2.39 bits per heavy atom. The van der Waals surface area contributed by atoms with Crippen molar-refractivity contribution < 1.29 is 19.4 Å². The average molecular weight is 468 g/mol. The number of halogens is 2. The van der Waals surface area contributed by atoms with Crippen molar-refractivity contribution in [2.45, 2.75) is 6.54 Å². The second-order valence-corrected chi connectivity index (χ2v) is 7.87. The maximum Gasteiger partial charge on any atom is 0.339 e. The largest absolute Gasteiger partial charge is 0.483 e. The predicted octanol–water partition coefficient (Wildman–Crippen LogP) is 3.52. The van der Waals surface area contributed by atoms with Crippen LogP contribution in [0, 0.1) is 0 Å². The van der Waals surface area contributed by atoms with E-state index in [1.165, 1.54) is 11.6 Å². The van der Waals surface area contributed by atoms with Crippen LogP contribution in [0.25, 0.3) is 0 Å². The van der Waals surface area contributed by atoms with Crippen molar-refractivity contribution in [1.82, 2.24) is 9.80 Å². The highest BCUT2D eigenvalue weighted by Crippen LogP contribution is 2.23. The maximum atomic E-state index is 12.4. The Morgan fingerprint density at radius 1 is 1.07 bits per heavy atom. The van der Waals surface area contributed by atoms with Crippen molar-refractivity contribution in [3.8, 4) is 5.75 Å². The Balaban J connectivity index is 1.49. The minimum Gasteiger partial charge on any atom is -0.483 e. The molecule has 2 aromatic carbocycles. The van der Waals surface area contributed by atoms with E-state index in [1.54, 1.807) is 17.0 Å². The van der Waals surface area contributed by atoms with Gasteiger partial charge in [0.2, 0.25) is 0 Å². The number of hydrogen-bond donors (Lipinski definition) is 1. The fraction of sp³-hybridized carbons (Fsp3) is 0.300. The van der Waals surface area contributed by atoms with Gasteiger partial charge in [-0.3, -0.25) is 9.69 Å². The van der Waals surface area contributed by atoms with Gasteiger partial charge in [0.05, 0.1) is 0 Å². The van der Waals surface area contributed by atoms with Crippen molar-refractivity contribution in [1.29, 1.82) is 0 Å². The molecule has 0 spiro atoms. The van der Waals surface area contributed by atoms with E-state index in [9.17, 15) is 14.7 Å². The van der Waals surface area contributed by atoms with Crippen LogP contribution in [0.1, 0.15) is 15.9 Å². The van der Waals surface area contributed by atoms with Gasteiger partial charge in [0, 0.05) is 42.2 Å². The summed E-state index contributed by atoms with van der Waals surface area (Å²) in [5, 5.41) is 9.98. The Morgan fingerprint density at radius 2 is 1.75 bits per heavy atom. The lowest BCUT2D eigenvalue weighted by atomic mass is 10.2. The van der Waals surface area contributed by atoms with E-state index >= 15 is 0 Å². The molecule has 28 heavy (non-hydrogen) atoms. The predicted molar refractivity (Wildman–Crippen MR) is 110 cm³/mol. The fourth-order valence-electron chi connectivity index (χ4n) is 3.03. The lowest BCUT2D eigenvalue weighted by molar-refractivity contribution is -0.135. The highest BCUT2D eigenvalue weighted by Gasteiger charge is 2.22. The number of carboxylic acid groups (broad SMARTS) is 1. The van der Waals surface area contributed by atoms with Gasteiger partial charge in [0.15, 0.2) is 6.61 Å². The van der Waals surface area contributed by atoms with Gasteiger partial charge in [-0.2, -0.15) is 0 Å². The van der Waals surface area contributed by atoms with Crippen LogP contribution in [0.3, 0.4) is 0 Å². The maximum absolute atomic E-state index is 12.4. The molecular weight excluding hydrogens is 448 g/mol. The zero-order valence-corrected chi connectivity index (χ0v) is 17.4. The van der Waals surface area contributed by atoms with E-state index < -0.39 is 5.97 Å². The Hall–Kier alpha value is -2.09. The average Bonchev–Trinajstić information content (AvgIpc) is 2.69. The molecule has 3 rings (SSSR count). The molecule has 148 valence electrons. The minimum absolute atomic E-state index is 0.0231. The normalized spacial score (nSPS) is 14.7. The number of carbonyl (C=O) groups is 2. The van der Waals surface area contributed by atoms with E-state index in [4.69, 9.17) is 16.3 Å². The zero-order valence-electron chi connectivity index (χ0n) is 15.1. The second kappa shape index (κ2) is 9.41. The summed E-state index contributed by atoms with van der Waals surface area (Å²) < 4.78 is 6.12. The van der Waals surface area contributed by atoms with Crippen molar-refractivity contribution >= 4 is 39.4 Å². The second-order valence-electron chi connectivity index (χ2n) is 6.52. The van der Waals surface area contributed by atoms with E-state index in [-0.39, 0.29) is 23.8 Å². The summed E-state index contributed by atoms with van der Waals surface area (Å²) >= 11 is 9.15. The zero-order chi connectivity index (χ0) is 20.1. The number of rotatable bonds is 6. The molecule has 0 saturated carbocycles. The summed E-state index contributed by atoms with van der Waals surface area (Å²) in [6.45, 7) is 3.40. The number of ether oxygens (including phenoxy) is 1. The van der Waals surface area contributed by atoms with Crippen molar-refractivity contribution in [3.63, 3.8) is 0 Å². The number of nitrogens with zero attached hydrogens (tertiary/aromatic N) is 2. The molecule has 1 N–H and O–H groups in total. The first-order valence-corrected chi connectivity index (χ1v) is 9.99. The van der Waals surface area contributed by atoms with Crippen LogP contribution in [0.5, 0.6) is 5.75 Å². The van der Waals surface area contributed by atoms with Crippen LogP contribution < -0.4 is 4.74 Å². The van der Waals surface area contributed by atoms with Gasteiger partial charge in [-0.15, -0.1) is 0 Å². The monoisotopic (exact) mass is 466 g/mol. The lowest BCUT2D eigenvalue weighted by Gasteiger charge is -2.34. The minimum atomic E-state index is -1.10. The Kier molecular flexibility index (Phi) is 6.93. The van der Waals surface area contributed by atoms with Crippen LogP contribution in [0.15, 0.2) is 46.9 Å². The van der Waals surface area contributed by atoms with E-state index in [1.807, 2.05) is 24.3 Å². The van der Waals surface area contributed by atoms with Gasteiger partial charge in [-0.25, -0.2) is 4.79 Å². The molecule has 2 aromatic rings. The summed E-state index contributed by atoms with van der Waals surface area (Å²) in [5.74, 6) is -1.06. The highest BCUT2D eigenvalue weighted by molar-refractivity contribution is 9.10. The van der Waals surface area contributed by atoms with Crippen LogP contribution >= 0.6 is 27.5 Å². The molecule has 0 bridgehead atoms. The third-order valence-corrected chi connectivity index (χ3v) is 5.31. The number of amides is 1. The molecule has 1 amide bonds. The molecule has 1 aliphatic heterocycles. The molecule has 0 atom stereocenters. The quantitative estimate of drug-likeness (QED) is 0.704. The third-order valence-electron chi connectivity index (χ3n) is 4.57. The first-order chi connectivity index (χ1) is 13.4. The van der Waals surface area contributed by atoms with E-state index in [2.05, 4.69) is 20.8 Å². The molecular formula is C20H20BrClN2O4. The highest BCUT2D eigenvalue weighted by atomic mass is 79.9. The van der Waals surface area contributed by atoms with Crippen molar-refractivity contribution in [3.05, 3.63) is 63.1 Å². The van der Waals surface area contributed by atoms with Crippen molar-refractivity contribution in [2.75, 3.05) is 32.8 Å². The fourth-order valence-corrected chi connectivity index (χ4v) is 3.52. The van der Waals surface area contributed by atoms with Crippen molar-refractivity contribution in [2.24, 2.45) is 0 Å². The number of hydrogen-bond acceptors (Lipinski definition) is 4. The molecule has 0 radical (unpaired) electrons. The van der Waals surface area contributed by atoms with Gasteiger partial charge in [0.1, 0.15) is 11.3 Å². The molecule has 1 aliphatic rings. The first-order valence-electron chi connectivity index (χ1n) is 8.82. The summed E-state index contributed by atoms with van der Waals surface area (Å²) in [7, 11) is 0. The van der Waals surface area contributed by atoms with Gasteiger partial charge >= 0.3 is 5.97 Å². The lowest BCUT2D eigenvalue weighted by Crippen LogP contribution is -2.49. The molecule has 8 heteroatoms. The summed E-state index contributed by atoms with van der Waals surface area (Å²) in [6, 6.07) is 12.4. The van der Waals surface area contributed by atoms with Gasteiger partial charge in [0.25, 0.3) is 5.91 Å². The smallest absolute Gasteiger partial charge is 0.339 e. The number of benzene rings is 2. The van der Waals surface area contributed by atoms with Gasteiger partial charge in [-0.1, -0.05) is 39.7 Å². The molecule has 0 aliphatic carbocycles. The van der Waals surface area contributed by atoms with Crippen LogP contribution in [-0.4, -0.2) is 59.6 Å². The SMILES string of the molecule is O=C(O)c1cc(Br)ccc1OCC(=O)N1CCN(Cc2ccc(Cl)cc2)CC1. The van der Waals surface area contributed by atoms with Gasteiger partial charge in [-0.05, 0) is 35.9 Å². The van der Waals surface area contributed by atoms with Crippen LogP contribution in [-0.2, 0) is 11.3 Å². The van der Waals surface area contributed by atoms with Crippen LogP contribution in [0.4, 0.5) is 0 Å². The number of carboxylic acids is 1. The number of aromatic carboxylic acids is 1. The topological polar surface area (TPSA) is 70.1 Å². The molecule has 0 aromatic heterocycles. The number of piperazine rings is 1. The number of carbonyl (C=O) groups excluding carboxylic acids is 1. The summed E-state index contributed by atoms with van der Waals surface area (Å²) in [6.07, 6.45) is 0. The molecule has 6 nitrogen and oxygen atoms in total. The Labute approximate surface area is 176 Å². The van der Waals surface area contributed by atoms with Crippen LogP contribution in [0.2, 0.25) is 5.02 Å². The summed E-state index contributed by atoms with van der Waals surface area (Å²) in [5.41, 5.74) is 1.21. The van der Waals surface area contributed by atoms with Gasteiger partial charge < -0.3 is 14.7 Å². The molecule has 1 fully saturated rings. The third kappa shape index (κ3) is 5.47. The van der Waals surface area contributed by atoms with E-state index in [0.717, 1.165) is 24.7 Å².